The summed E-state index contributed by atoms with van der Waals surface area (Å²) in [6.07, 6.45) is 0.187. The summed E-state index contributed by atoms with van der Waals surface area (Å²) in [6, 6.07) is 9.76. The lowest BCUT2D eigenvalue weighted by Crippen LogP contribution is -2.40. The molecule has 2 amide bonds. The highest BCUT2D eigenvalue weighted by atomic mass is 16.2. The first kappa shape index (κ1) is 17.2. The molecule has 1 rings (SSSR count). The number of primary amides is 1. The van der Waals surface area contributed by atoms with E-state index in [1.54, 1.807) is 4.90 Å². The van der Waals surface area contributed by atoms with E-state index in [0.717, 1.165) is 12.1 Å². The lowest BCUT2D eigenvalue weighted by atomic mass is 10.1. The van der Waals surface area contributed by atoms with Gasteiger partial charge in [0, 0.05) is 32.0 Å². The van der Waals surface area contributed by atoms with Gasteiger partial charge in [-0.1, -0.05) is 44.2 Å². The van der Waals surface area contributed by atoms with Gasteiger partial charge in [-0.05, 0) is 12.1 Å². The molecule has 5 nitrogen and oxygen atoms in total. The summed E-state index contributed by atoms with van der Waals surface area (Å²) >= 11 is 0. The van der Waals surface area contributed by atoms with Gasteiger partial charge in [-0.2, -0.15) is 0 Å². The molecule has 5 heteroatoms. The van der Waals surface area contributed by atoms with E-state index in [0.29, 0.717) is 19.6 Å². The molecule has 116 valence electrons. The maximum atomic E-state index is 12.5. The summed E-state index contributed by atoms with van der Waals surface area (Å²) in [5, 5.41) is 3.17. The lowest BCUT2D eigenvalue weighted by Gasteiger charge is -2.26. The predicted molar refractivity (Wildman–Crippen MR) is 83.4 cm³/mol. The van der Waals surface area contributed by atoms with Gasteiger partial charge in [0.1, 0.15) is 0 Å². The fourth-order valence-corrected chi connectivity index (χ4v) is 2.08. The van der Waals surface area contributed by atoms with E-state index in [9.17, 15) is 9.59 Å². The second-order valence-corrected chi connectivity index (χ2v) is 5.17. The van der Waals surface area contributed by atoms with Gasteiger partial charge in [0.05, 0.1) is 0 Å². The van der Waals surface area contributed by atoms with Crippen molar-refractivity contribution in [2.24, 2.45) is 11.7 Å². The van der Waals surface area contributed by atoms with Crippen molar-refractivity contribution in [3.63, 3.8) is 0 Å². The van der Waals surface area contributed by atoms with Gasteiger partial charge >= 0.3 is 0 Å². The van der Waals surface area contributed by atoms with Crippen LogP contribution >= 0.6 is 0 Å². The molecule has 0 saturated carbocycles. The van der Waals surface area contributed by atoms with Crippen molar-refractivity contribution < 1.29 is 9.59 Å². The zero-order valence-corrected chi connectivity index (χ0v) is 12.8. The molecule has 1 atom stereocenters. The average Bonchev–Trinajstić information content (AvgIpc) is 2.49. The van der Waals surface area contributed by atoms with Crippen LogP contribution in [0, 0.1) is 5.92 Å². The van der Waals surface area contributed by atoms with Crippen molar-refractivity contribution in [3.05, 3.63) is 35.9 Å². The van der Waals surface area contributed by atoms with Crippen LogP contribution in [0.2, 0.25) is 0 Å². The van der Waals surface area contributed by atoms with Gasteiger partial charge in [0.2, 0.25) is 11.8 Å². The molecule has 0 fully saturated rings. The Kier molecular flexibility index (Phi) is 7.46. The van der Waals surface area contributed by atoms with E-state index in [1.165, 1.54) is 0 Å². The molecule has 0 heterocycles. The van der Waals surface area contributed by atoms with Gasteiger partial charge in [-0.15, -0.1) is 0 Å². The summed E-state index contributed by atoms with van der Waals surface area (Å²) < 4.78 is 0. The van der Waals surface area contributed by atoms with E-state index < -0.39 is 0 Å². The molecule has 0 spiro atoms. The Morgan fingerprint density at radius 3 is 2.52 bits per heavy atom. The van der Waals surface area contributed by atoms with Gasteiger partial charge in [0.25, 0.3) is 0 Å². The number of amides is 2. The van der Waals surface area contributed by atoms with Gasteiger partial charge in [0.15, 0.2) is 0 Å². The second kappa shape index (κ2) is 9.13. The number of hydrogen-bond acceptors (Lipinski definition) is 3. The second-order valence-electron chi connectivity index (χ2n) is 5.17. The number of hydrogen-bond donors (Lipinski definition) is 2. The van der Waals surface area contributed by atoms with Crippen LogP contribution in [-0.4, -0.2) is 36.3 Å². The molecule has 1 aromatic rings. The predicted octanol–water partition coefficient (Wildman–Crippen LogP) is 1.14. The number of nitrogens with two attached hydrogens (primary N) is 1. The molecular weight excluding hydrogens is 266 g/mol. The van der Waals surface area contributed by atoms with Gasteiger partial charge in [-0.25, -0.2) is 0 Å². The van der Waals surface area contributed by atoms with Crippen LogP contribution in [0.4, 0.5) is 0 Å². The number of rotatable bonds is 9. The monoisotopic (exact) mass is 291 g/mol. The van der Waals surface area contributed by atoms with Crippen LogP contribution in [0.25, 0.3) is 0 Å². The Hall–Kier alpha value is -1.88. The molecular formula is C16H25N3O2. The van der Waals surface area contributed by atoms with Crippen molar-refractivity contribution in [2.75, 3.05) is 19.6 Å². The van der Waals surface area contributed by atoms with E-state index in [1.807, 2.05) is 44.2 Å². The molecule has 0 aliphatic heterocycles. The minimum atomic E-state index is -0.389. The fraction of sp³-hybridized carbons (Fsp3) is 0.500. The Balaban J connectivity index is 2.71. The van der Waals surface area contributed by atoms with Crippen molar-refractivity contribution in [3.8, 4) is 0 Å². The maximum Gasteiger partial charge on any atom is 0.226 e. The largest absolute Gasteiger partial charge is 0.370 e. The number of carbonyl (C=O) groups excluding carboxylic acids is 2. The van der Waals surface area contributed by atoms with E-state index >= 15 is 0 Å². The summed E-state index contributed by atoms with van der Waals surface area (Å²) in [5.41, 5.74) is 6.25. The average molecular weight is 291 g/mol. The molecule has 21 heavy (non-hydrogen) atoms. The van der Waals surface area contributed by atoms with E-state index in [4.69, 9.17) is 5.73 Å². The van der Waals surface area contributed by atoms with Crippen molar-refractivity contribution in [2.45, 2.75) is 26.8 Å². The minimum Gasteiger partial charge on any atom is -0.370 e. The Morgan fingerprint density at radius 1 is 1.29 bits per heavy atom. The van der Waals surface area contributed by atoms with E-state index in [-0.39, 0.29) is 24.2 Å². The fourth-order valence-electron chi connectivity index (χ4n) is 2.08. The van der Waals surface area contributed by atoms with E-state index in [2.05, 4.69) is 5.32 Å². The first-order valence-electron chi connectivity index (χ1n) is 7.36. The number of nitrogens with zero attached hydrogens (tertiary/aromatic N) is 1. The Labute approximate surface area is 126 Å². The number of carbonyl (C=O) groups is 2. The third kappa shape index (κ3) is 6.40. The summed E-state index contributed by atoms with van der Waals surface area (Å²) in [5.74, 6) is -0.470. The minimum absolute atomic E-state index is 0.0426. The van der Waals surface area contributed by atoms with Gasteiger partial charge < -0.3 is 16.0 Å². The lowest BCUT2D eigenvalue weighted by molar-refractivity contribution is -0.135. The quantitative estimate of drug-likeness (QED) is 0.716. The molecule has 3 N–H and O–H groups in total. The molecule has 0 saturated heterocycles. The van der Waals surface area contributed by atoms with Crippen LogP contribution in [-0.2, 0) is 16.1 Å². The van der Waals surface area contributed by atoms with Crippen LogP contribution in [0.1, 0.15) is 25.8 Å². The highest BCUT2D eigenvalue weighted by Crippen LogP contribution is 2.09. The molecule has 1 aromatic carbocycles. The molecule has 0 bridgehead atoms. The zero-order chi connectivity index (χ0) is 15.7. The Bertz CT molecular complexity index is 448. The highest BCUT2D eigenvalue weighted by Gasteiger charge is 2.20. The standard InChI is InChI=1S/C16H25N3O2/c1-3-18-11-13(2)16(21)19(10-9-15(17)20)12-14-7-5-4-6-8-14/h4-8,13,18H,3,9-12H2,1-2H3,(H2,17,20). The SMILES string of the molecule is CCNCC(C)C(=O)N(CCC(N)=O)Cc1ccccc1. The topological polar surface area (TPSA) is 75.4 Å². The first-order chi connectivity index (χ1) is 10.0. The van der Waals surface area contributed by atoms with Crippen LogP contribution in [0.15, 0.2) is 30.3 Å². The molecule has 0 aliphatic rings. The first-order valence-corrected chi connectivity index (χ1v) is 7.36. The van der Waals surface area contributed by atoms with Crippen LogP contribution in [0.3, 0.4) is 0 Å². The summed E-state index contributed by atoms with van der Waals surface area (Å²) in [7, 11) is 0. The number of benzene rings is 1. The maximum absolute atomic E-state index is 12.5. The van der Waals surface area contributed by atoms with Crippen molar-refractivity contribution >= 4 is 11.8 Å². The van der Waals surface area contributed by atoms with Crippen LogP contribution in [0.5, 0.6) is 0 Å². The van der Waals surface area contributed by atoms with Crippen LogP contribution < -0.4 is 11.1 Å². The molecule has 0 aliphatic carbocycles. The molecule has 0 aromatic heterocycles. The summed E-state index contributed by atoms with van der Waals surface area (Å²) in [6.45, 7) is 6.23. The highest BCUT2D eigenvalue weighted by molar-refractivity contribution is 5.80. The summed E-state index contributed by atoms with van der Waals surface area (Å²) in [4.78, 5) is 25.2. The molecule has 0 radical (unpaired) electrons. The zero-order valence-electron chi connectivity index (χ0n) is 12.8. The third-order valence-electron chi connectivity index (χ3n) is 3.28. The molecule has 1 unspecified atom stereocenters. The third-order valence-corrected chi connectivity index (χ3v) is 3.28. The smallest absolute Gasteiger partial charge is 0.226 e. The normalized spacial score (nSPS) is 11.9. The van der Waals surface area contributed by atoms with Crippen molar-refractivity contribution in [1.82, 2.24) is 10.2 Å². The Morgan fingerprint density at radius 2 is 1.95 bits per heavy atom. The van der Waals surface area contributed by atoms with Gasteiger partial charge in [-0.3, -0.25) is 9.59 Å². The number of nitrogens with one attached hydrogen (secondary N) is 1. The van der Waals surface area contributed by atoms with Crippen molar-refractivity contribution in [1.29, 1.82) is 0 Å².